The third-order valence-electron chi connectivity index (χ3n) is 1.35. The Morgan fingerprint density at radius 3 is 2.91 bits per heavy atom. The van der Waals surface area contributed by atoms with Gasteiger partial charge in [-0.15, -0.1) is 0 Å². The molecule has 6 nitrogen and oxygen atoms in total. The van der Waals surface area contributed by atoms with Gasteiger partial charge in [0.05, 0.1) is 0 Å². The van der Waals surface area contributed by atoms with E-state index in [1.54, 1.807) is 6.07 Å². The first-order valence-corrected chi connectivity index (χ1v) is 3.00. The van der Waals surface area contributed by atoms with E-state index in [1.807, 2.05) is 0 Å². The molecule has 0 aliphatic heterocycles. The highest BCUT2D eigenvalue weighted by Gasteiger charge is 2.03. The molecule has 0 spiro atoms. The molecule has 0 aliphatic carbocycles. The minimum atomic E-state index is 0.300. The molecule has 5 N–H and O–H groups in total. The number of rotatable bonds is 0. The first kappa shape index (κ1) is 5.90. The van der Waals surface area contributed by atoms with Crippen LogP contribution in [0.15, 0.2) is 6.07 Å². The number of hydrogen-bond acceptors (Lipinski definition) is 5. The summed E-state index contributed by atoms with van der Waals surface area (Å²) < 4.78 is 0. The van der Waals surface area contributed by atoms with Gasteiger partial charge in [0.2, 0.25) is 0 Å². The lowest BCUT2D eigenvalue weighted by Crippen LogP contribution is -1.96. The Bertz CT molecular complexity index is 391. The van der Waals surface area contributed by atoms with E-state index in [9.17, 15) is 0 Å². The number of anilines is 2. The minimum Gasteiger partial charge on any atom is -0.384 e. The molecule has 11 heavy (non-hydrogen) atoms. The number of nitrogen functional groups attached to an aromatic ring is 2. The lowest BCUT2D eigenvalue weighted by atomic mass is 10.4. The molecule has 6 heteroatoms. The molecule has 0 saturated carbocycles. The molecular weight excluding hydrogens is 144 g/mol. The van der Waals surface area contributed by atoms with Crippen LogP contribution in [0.3, 0.4) is 0 Å². The normalized spacial score (nSPS) is 10.5. The second-order valence-electron chi connectivity index (χ2n) is 2.12. The largest absolute Gasteiger partial charge is 0.384 e. The van der Waals surface area contributed by atoms with Crippen LogP contribution in [0.5, 0.6) is 0 Å². The monoisotopic (exact) mass is 150 g/mol. The van der Waals surface area contributed by atoms with Crippen molar-refractivity contribution in [3.8, 4) is 0 Å². The molecule has 2 rings (SSSR count). The molecule has 0 fully saturated rings. The molecule has 0 saturated heterocycles. The van der Waals surface area contributed by atoms with Crippen molar-refractivity contribution < 1.29 is 0 Å². The molecule has 2 aromatic heterocycles. The van der Waals surface area contributed by atoms with Crippen LogP contribution >= 0.6 is 0 Å². The Balaban J connectivity index is 2.91. The topological polar surface area (TPSA) is 106 Å². The Hall–Kier alpha value is -1.85. The second-order valence-corrected chi connectivity index (χ2v) is 2.12. The molecule has 0 aliphatic rings. The Morgan fingerprint density at radius 2 is 2.09 bits per heavy atom. The number of nitrogens with one attached hydrogen (secondary N) is 1. The predicted molar refractivity (Wildman–Crippen MR) is 40.5 cm³/mol. The van der Waals surface area contributed by atoms with Crippen LogP contribution in [-0.2, 0) is 0 Å². The fourth-order valence-electron chi connectivity index (χ4n) is 0.893. The Morgan fingerprint density at radius 1 is 1.27 bits per heavy atom. The fraction of sp³-hybridized carbons (Fsp3) is 0. The fourth-order valence-corrected chi connectivity index (χ4v) is 0.893. The SMILES string of the molecule is Nc1cc2n[nH]nc2c(N)n1. The van der Waals surface area contributed by atoms with Gasteiger partial charge in [0, 0.05) is 6.07 Å². The number of nitrogens with two attached hydrogens (primary N) is 2. The van der Waals surface area contributed by atoms with E-state index < -0.39 is 0 Å². The van der Waals surface area contributed by atoms with Crippen molar-refractivity contribution in [3.05, 3.63) is 6.07 Å². The summed E-state index contributed by atoms with van der Waals surface area (Å²) in [7, 11) is 0. The summed E-state index contributed by atoms with van der Waals surface area (Å²) in [6, 6.07) is 1.61. The first-order valence-electron chi connectivity index (χ1n) is 3.00. The van der Waals surface area contributed by atoms with Crippen molar-refractivity contribution in [2.24, 2.45) is 0 Å². The quantitative estimate of drug-likeness (QED) is 0.470. The Labute approximate surface area is 61.6 Å². The van der Waals surface area contributed by atoms with E-state index in [4.69, 9.17) is 11.5 Å². The average molecular weight is 150 g/mol. The molecule has 2 aromatic rings. The zero-order valence-corrected chi connectivity index (χ0v) is 5.57. The number of fused-ring (bicyclic) bond motifs is 1. The second kappa shape index (κ2) is 1.82. The molecule has 0 bridgehead atoms. The maximum Gasteiger partial charge on any atom is 0.156 e. The lowest BCUT2D eigenvalue weighted by Gasteiger charge is -1.93. The van der Waals surface area contributed by atoms with Crippen LogP contribution in [0.4, 0.5) is 11.6 Å². The van der Waals surface area contributed by atoms with E-state index >= 15 is 0 Å². The molecule has 2 heterocycles. The highest BCUT2D eigenvalue weighted by atomic mass is 15.3. The van der Waals surface area contributed by atoms with E-state index in [1.165, 1.54) is 0 Å². The van der Waals surface area contributed by atoms with Gasteiger partial charge in [0.1, 0.15) is 11.3 Å². The summed E-state index contributed by atoms with van der Waals surface area (Å²) in [5.74, 6) is 0.651. The average Bonchev–Trinajstić information content (AvgIpc) is 2.34. The van der Waals surface area contributed by atoms with Crippen molar-refractivity contribution in [1.29, 1.82) is 0 Å². The van der Waals surface area contributed by atoms with Crippen LogP contribution in [0.2, 0.25) is 0 Å². The first-order chi connectivity index (χ1) is 5.27. The summed E-state index contributed by atoms with van der Waals surface area (Å²) in [6.45, 7) is 0. The van der Waals surface area contributed by atoms with Gasteiger partial charge in [-0.05, 0) is 0 Å². The smallest absolute Gasteiger partial charge is 0.156 e. The zero-order valence-electron chi connectivity index (χ0n) is 5.57. The lowest BCUT2D eigenvalue weighted by molar-refractivity contribution is 0.959. The molecule has 0 atom stereocenters. The van der Waals surface area contributed by atoms with Crippen LogP contribution in [-0.4, -0.2) is 20.4 Å². The van der Waals surface area contributed by atoms with Crippen LogP contribution in [0.25, 0.3) is 11.0 Å². The van der Waals surface area contributed by atoms with Gasteiger partial charge in [-0.1, -0.05) is 0 Å². The molecule has 0 amide bonds. The molecule has 0 aromatic carbocycles. The third kappa shape index (κ3) is 0.759. The maximum absolute atomic E-state index is 5.49. The number of H-pyrrole nitrogens is 1. The van der Waals surface area contributed by atoms with Crippen molar-refractivity contribution in [2.45, 2.75) is 0 Å². The van der Waals surface area contributed by atoms with Gasteiger partial charge in [0.15, 0.2) is 11.3 Å². The van der Waals surface area contributed by atoms with E-state index in [2.05, 4.69) is 20.4 Å². The third-order valence-corrected chi connectivity index (χ3v) is 1.35. The van der Waals surface area contributed by atoms with Gasteiger partial charge in [-0.3, -0.25) is 0 Å². The van der Waals surface area contributed by atoms with Gasteiger partial charge in [0.25, 0.3) is 0 Å². The van der Waals surface area contributed by atoms with Crippen LogP contribution in [0.1, 0.15) is 0 Å². The van der Waals surface area contributed by atoms with E-state index in [0.717, 1.165) is 0 Å². The zero-order chi connectivity index (χ0) is 7.84. The summed E-state index contributed by atoms with van der Waals surface area (Å²) in [5, 5.41) is 10.0. The van der Waals surface area contributed by atoms with Gasteiger partial charge < -0.3 is 11.5 Å². The predicted octanol–water partition coefficient (Wildman–Crippen LogP) is -0.483. The minimum absolute atomic E-state index is 0.300. The summed E-state index contributed by atoms with van der Waals surface area (Å²) >= 11 is 0. The Kier molecular flexibility index (Phi) is 0.974. The summed E-state index contributed by atoms with van der Waals surface area (Å²) in [5.41, 5.74) is 12.1. The van der Waals surface area contributed by atoms with Crippen molar-refractivity contribution in [2.75, 3.05) is 11.5 Å². The van der Waals surface area contributed by atoms with Crippen molar-refractivity contribution in [3.63, 3.8) is 0 Å². The molecule has 56 valence electrons. The highest BCUT2D eigenvalue weighted by molar-refractivity contribution is 5.85. The van der Waals surface area contributed by atoms with Crippen molar-refractivity contribution >= 4 is 22.7 Å². The van der Waals surface area contributed by atoms with E-state index in [-0.39, 0.29) is 0 Å². The van der Waals surface area contributed by atoms with Crippen LogP contribution in [0, 0.1) is 0 Å². The molecule has 0 unspecified atom stereocenters. The van der Waals surface area contributed by atoms with Crippen LogP contribution < -0.4 is 11.5 Å². The summed E-state index contributed by atoms with van der Waals surface area (Å²) in [6.07, 6.45) is 0. The number of aromatic nitrogens is 4. The van der Waals surface area contributed by atoms with Gasteiger partial charge >= 0.3 is 0 Å². The highest BCUT2D eigenvalue weighted by Crippen LogP contribution is 2.15. The van der Waals surface area contributed by atoms with Gasteiger partial charge in [-0.2, -0.15) is 15.4 Å². The number of aromatic amines is 1. The standard InChI is InChI=1S/C5H6N6/c6-3-1-2-4(5(7)8-3)10-11-9-2/h1H,(H4,6,7,8)(H,9,10,11). The van der Waals surface area contributed by atoms with E-state index in [0.29, 0.717) is 22.7 Å². The molecule has 0 radical (unpaired) electrons. The summed E-state index contributed by atoms with van der Waals surface area (Å²) in [4.78, 5) is 3.81. The number of pyridine rings is 1. The van der Waals surface area contributed by atoms with Crippen molar-refractivity contribution in [1.82, 2.24) is 20.4 Å². The number of hydrogen-bond donors (Lipinski definition) is 3. The van der Waals surface area contributed by atoms with Gasteiger partial charge in [-0.25, -0.2) is 4.98 Å². The molecular formula is C5H6N6. The number of nitrogens with zero attached hydrogens (tertiary/aromatic N) is 3. The maximum atomic E-state index is 5.49.